The van der Waals surface area contributed by atoms with Crippen LogP contribution in [0.5, 0.6) is 0 Å². The highest BCUT2D eigenvalue weighted by Crippen LogP contribution is 2.23. The van der Waals surface area contributed by atoms with Crippen LogP contribution in [0.4, 0.5) is 0 Å². The van der Waals surface area contributed by atoms with Crippen LogP contribution in [0.1, 0.15) is 16.8 Å². The standard InChI is InChI=1S/C13H16N2O/c1-9-12(8-16)10(6-7-14)11-4-2-3-5-13(11)15-9/h2-5,16H,6-8,14H2,1H3. The summed E-state index contributed by atoms with van der Waals surface area (Å²) in [5.41, 5.74) is 9.54. The summed E-state index contributed by atoms with van der Waals surface area (Å²) in [7, 11) is 0. The van der Waals surface area contributed by atoms with Gasteiger partial charge in [0.25, 0.3) is 0 Å². The van der Waals surface area contributed by atoms with Crippen LogP contribution in [0.25, 0.3) is 10.9 Å². The first-order chi connectivity index (χ1) is 7.77. The Morgan fingerprint density at radius 1 is 1.25 bits per heavy atom. The van der Waals surface area contributed by atoms with E-state index in [1.54, 1.807) is 0 Å². The molecule has 0 saturated carbocycles. The fourth-order valence-electron chi connectivity index (χ4n) is 2.10. The van der Waals surface area contributed by atoms with Crippen LogP contribution in [0.15, 0.2) is 24.3 Å². The minimum atomic E-state index is 0.0268. The van der Waals surface area contributed by atoms with Gasteiger partial charge < -0.3 is 10.8 Å². The van der Waals surface area contributed by atoms with E-state index >= 15 is 0 Å². The molecule has 84 valence electrons. The zero-order chi connectivity index (χ0) is 11.5. The molecule has 2 rings (SSSR count). The SMILES string of the molecule is Cc1nc2ccccc2c(CCN)c1CO. The molecule has 16 heavy (non-hydrogen) atoms. The molecule has 0 fully saturated rings. The Bertz CT molecular complexity index is 509. The molecule has 0 aliphatic carbocycles. The summed E-state index contributed by atoms with van der Waals surface area (Å²) in [4.78, 5) is 4.49. The number of pyridine rings is 1. The van der Waals surface area contributed by atoms with E-state index in [0.29, 0.717) is 6.54 Å². The van der Waals surface area contributed by atoms with E-state index in [9.17, 15) is 5.11 Å². The van der Waals surface area contributed by atoms with Crippen LogP contribution >= 0.6 is 0 Å². The monoisotopic (exact) mass is 216 g/mol. The first kappa shape index (κ1) is 11.0. The predicted octanol–water partition coefficient (Wildman–Crippen LogP) is 1.54. The van der Waals surface area contributed by atoms with Crippen molar-refractivity contribution in [2.45, 2.75) is 20.0 Å². The molecular weight excluding hydrogens is 200 g/mol. The molecule has 0 spiro atoms. The smallest absolute Gasteiger partial charge is 0.0708 e. The minimum Gasteiger partial charge on any atom is -0.392 e. The fourth-order valence-corrected chi connectivity index (χ4v) is 2.10. The summed E-state index contributed by atoms with van der Waals surface area (Å²) >= 11 is 0. The normalized spacial score (nSPS) is 10.9. The quantitative estimate of drug-likeness (QED) is 0.818. The van der Waals surface area contributed by atoms with Crippen molar-refractivity contribution in [2.24, 2.45) is 5.73 Å². The average molecular weight is 216 g/mol. The summed E-state index contributed by atoms with van der Waals surface area (Å²) in [5.74, 6) is 0. The highest BCUT2D eigenvalue weighted by Gasteiger charge is 2.10. The number of hydrogen-bond acceptors (Lipinski definition) is 3. The lowest BCUT2D eigenvalue weighted by molar-refractivity contribution is 0.279. The Kier molecular flexibility index (Phi) is 3.17. The van der Waals surface area contributed by atoms with E-state index in [4.69, 9.17) is 5.73 Å². The number of hydrogen-bond donors (Lipinski definition) is 2. The molecule has 0 radical (unpaired) electrons. The van der Waals surface area contributed by atoms with Crippen LogP contribution in [0.2, 0.25) is 0 Å². The van der Waals surface area contributed by atoms with Crippen molar-refractivity contribution in [2.75, 3.05) is 6.54 Å². The molecule has 0 amide bonds. The maximum Gasteiger partial charge on any atom is 0.0708 e. The largest absolute Gasteiger partial charge is 0.392 e. The van der Waals surface area contributed by atoms with Crippen molar-refractivity contribution < 1.29 is 5.11 Å². The van der Waals surface area contributed by atoms with Gasteiger partial charge in [0.2, 0.25) is 0 Å². The van der Waals surface area contributed by atoms with Crippen LogP contribution in [-0.2, 0) is 13.0 Å². The highest BCUT2D eigenvalue weighted by molar-refractivity contribution is 5.83. The zero-order valence-electron chi connectivity index (χ0n) is 9.40. The third kappa shape index (κ3) is 1.79. The van der Waals surface area contributed by atoms with Gasteiger partial charge in [-0.2, -0.15) is 0 Å². The maximum absolute atomic E-state index is 9.40. The number of rotatable bonds is 3. The molecular formula is C13H16N2O. The summed E-state index contributed by atoms with van der Waals surface area (Å²) in [5, 5.41) is 10.5. The number of benzene rings is 1. The molecule has 0 saturated heterocycles. The van der Waals surface area contributed by atoms with Gasteiger partial charge in [0, 0.05) is 16.6 Å². The first-order valence-corrected chi connectivity index (χ1v) is 5.46. The van der Waals surface area contributed by atoms with Crippen molar-refractivity contribution in [3.05, 3.63) is 41.1 Å². The molecule has 1 aromatic carbocycles. The predicted molar refractivity (Wildman–Crippen MR) is 65.2 cm³/mol. The second kappa shape index (κ2) is 4.60. The van der Waals surface area contributed by atoms with Crippen molar-refractivity contribution in [3.8, 4) is 0 Å². The van der Waals surface area contributed by atoms with Gasteiger partial charge in [-0.3, -0.25) is 4.98 Å². The van der Waals surface area contributed by atoms with Crippen LogP contribution in [0, 0.1) is 6.92 Å². The lowest BCUT2D eigenvalue weighted by atomic mass is 9.98. The van der Waals surface area contributed by atoms with Gasteiger partial charge in [0.15, 0.2) is 0 Å². The van der Waals surface area contributed by atoms with Crippen molar-refractivity contribution >= 4 is 10.9 Å². The Morgan fingerprint density at radius 3 is 2.69 bits per heavy atom. The number of nitrogens with two attached hydrogens (primary N) is 1. The minimum absolute atomic E-state index is 0.0268. The highest BCUT2D eigenvalue weighted by atomic mass is 16.3. The number of fused-ring (bicyclic) bond motifs is 1. The van der Waals surface area contributed by atoms with Crippen molar-refractivity contribution in [1.82, 2.24) is 4.98 Å². The zero-order valence-corrected chi connectivity index (χ0v) is 9.40. The van der Waals surface area contributed by atoms with Crippen LogP contribution < -0.4 is 5.73 Å². The Labute approximate surface area is 94.9 Å². The molecule has 2 aromatic rings. The van der Waals surface area contributed by atoms with Gasteiger partial charge in [0.1, 0.15) is 0 Å². The number of aliphatic hydroxyl groups is 1. The van der Waals surface area contributed by atoms with E-state index in [2.05, 4.69) is 4.98 Å². The number of aromatic nitrogens is 1. The van der Waals surface area contributed by atoms with Gasteiger partial charge in [-0.1, -0.05) is 18.2 Å². The molecule has 0 unspecified atom stereocenters. The second-order valence-electron chi connectivity index (χ2n) is 3.87. The van der Waals surface area contributed by atoms with Gasteiger partial charge >= 0.3 is 0 Å². The van der Waals surface area contributed by atoms with Gasteiger partial charge in [-0.25, -0.2) is 0 Å². The number of aliphatic hydroxyl groups excluding tert-OH is 1. The second-order valence-corrected chi connectivity index (χ2v) is 3.87. The molecule has 0 bridgehead atoms. The Hall–Kier alpha value is -1.45. The van der Waals surface area contributed by atoms with Crippen LogP contribution in [-0.4, -0.2) is 16.6 Å². The third-order valence-corrected chi connectivity index (χ3v) is 2.87. The summed E-state index contributed by atoms with van der Waals surface area (Å²) in [6.07, 6.45) is 0.778. The lowest BCUT2D eigenvalue weighted by Gasteiger charge is -2.12. The molecule has 3 heteroatoms. The van der Waals surface area contributed by atoms with E-state index in [-0.39, 0.29) is 6.61 Å². The Balaban J connectivity index is 2.76. The van der Waals surface area contributed by atoms with Gasteiger partial charge in [-0.15, -0.1) is 0 Å². The van der Waals surface area contributed by atoms with Gasteiger partial charge in [-0.05, 0) is 31.5 Å². The van der Waals surface area contributed by atoms with Crippen molar-refractivity contribution in [1.29, 1.82) is 0 Å². The molecule has 3 N–H and O–H groups in total. The van der Waals surface area contributed by atoms with E-state index in [1.807, 2.05) is 31.2 Å². The third-order valence-electron chi connectivity index (χ3n) is 2.87. The lowest BCUT2D eigenvalue weighted by Crippen LogP contribution is -2.08. The van der Waals surface area contributed by atoms with E-state index in [1.165, 1.54) is 0 Å². The summed E-state index contributed by atoms with van der Waals surface area (Å²) in [6.45, 7) is 2.54. The van der Waals surface area contributed by atoms with Crippen molar-refractivity contribution in [3.63, 3.8) is 0 Å². The molecule has 0 aliphatic heterocycles. The topological polar surface area (TPSA) is 59.1 Å². The number of nitrogens with zero attached hydrogens (tertiary/aromatic N) is 1. The first-order valence-electron chi connectivity index (χ1n) is 5.46. The summed E-state index contributed by atoms with van der Waals surface area (Å²) in [6, 6.07) is 7.98. The maximum atomic E-state index is 9.40. The molecule has 3 nitrogen and oxygen atoms in total. The van der Waals surface area contributed by atoms with Gasteiger partial charge in [0.05, 0.1) is 12.1 Å². The number of para-hydroxylation sites is 1. The molecule has 1 aromatic heterocycles. The Morgan fingerprint density at radius 2 is 2.00 bits per heavy atom. The average Bonchev–Trinajstić information content (AvgIpc) is 2.29. The van der Waals surface area contributed by atoms with E-state index in [0.717, 1.165) is 34.1 Å². The van der Waals surface area contributed by atoms with E-state index < -0.39 is 0 Å². The fraction of sp³-hybridized carbons (Fsp3) is 0.308. The molecule has 0 aliphatic rings. The molecule has 0 atom stereocenters. The summed E-state index contributed by atoms with van der Waals surface area (Å²) < 4.78 is 0. The number of aryl methyl sites for hydroxylation is 1. The van der Waals surface area contributed by atoms with Crippen LogP contribution in [0.3, 0.4) is 0 Å². The molecule has 1 heterocycles.